The Hall–Kier alpha value is -2.71. The molecule has 0 spiro atoms. The van der Waals surface area contributed by atoms with Gasteiger partial charge in [-0.3, -0.25) is 4.79 Å². The molecule has 2 aliphatic rings. The number of hydrogen-bond donors (Lipinski definition) is 1. The number of alkyl halides is 3. The lowest BCUT2D eigenvalue weighted by molar-refractivity contribution is -0.173. The highest BCUT2D eigenvalue weighted by atomic mass is 19.4. The van der Waals surface area contributed by atoms with Gasteiger partial charge in [0.15, 0.2) is 6.04 Å². The number of carbonyl (C=O) groups is 1. The second kappa shape index (κ2) is 7.85. The summed E-state index contributed by atoms with van der Waals surface area (Å²) in [5, 5.41) is 7.10. The molecule has 162 valence electrons. The number of hydrogen-bond acceptors (Lipinski definition) is 4. The van der Waals surface area contributed by atoms with Gasteiger partial charge >= 0.3 is 6.18 Å². The zero-order valence-corrected chi connectivity index (χ0v) is 16.9. The Morgan fingerprint density at radius 1 is 1.27 bits per heavy atom. The first-order valence-electron chi connectivity index (χ1n) is 10.1. The van der Waals surface area contributed by atoms with Crippen molar-refractivity contribution in [3.05, 3.63) is 41.6 Å². The first-order valence-corrected chi connectivity index (χ1v) is 10.1. The standard InChI is InChI=1S/C21H25F3N4O2/c1-13-6-8-27(9-7-13)20(29)16-12-25-28-18(21(22,23)24)11-17(26-19(16)28)14-4-3-5-15(10-14)30-2/h3-5,10,12-13,17-18,26H,6-9,11H2,1-2H3/t17-,18-/m1/s1. The van der Waals surface area contributed by atoms with E-state index in [9.17, 15) is 18.0 Å². The van der Waals surface area contributed by atoms with E-state index >= 15 is 0 Å². The smallest absolute Gasteiger partial charge is 0.410 e. The van der Waals surface area contributed by atoms with Crippen molar-refractivity contribution in [3.8, 4) is 5.75 Å². The molecule has 6 nitrogen and oxygen atoms in total. The van der Waals surface area contributed by atoms with Gasteiger partial charge in [-0.1, -0.05) is 19.1 Å². The number of halogens is 3. The van der Waals surface area contributed by atoms with Gasteiger partial charge in [0.1, 0.15) is 17.1 Å². The maximum Gasteiger partial charge on any atom is 0.410 e. The number of nitrogens with zero attached hydrogens (tertiary/aromatic N) is 3. The molecule has 1 amide bonds. The number of methoxy groups -OCH3 is 1. The van der Waals surface area contributed by atoms with Crippen molar-refractivity contribution in [2.24, 2.45) is 5.92 Å². The van der Waals surface area contributed by atoms with Crippen LogP contribution in [0.25, 0.3) is 0 Å². The molecule has 1 aromatic carbocycles. The van der Waals surface area contributed by atoms with Crippen LogP contribution in [0.5, 0.6) is 5.75 Å². The van der Waals surface area contributed by atoms with E-state index in [-0.39, 0.29) is 23.7 Å². The zero-order valence-electron chi connectivity index (χ0n) is 16.9. The highest BCUT2D eigenvalue weighted by molar-refractivity contribution is 5.99. The van der Waals surface area contributed by atoms with E-state index in [0.29, 0.717) is 30.3 Å². The average Bonchev–Trinajstić information content (AvgIpc) is 3.16. The molecule has 0 radical (unpaired) electrons. The van der Waals surface area contributed by atoms with E-state index in [0.717, 1.165) is 17.5 Å². The molecular weight excluding hydrogens is 397 g/mol. The lowest BCUT2D eigenvalue weighted by Crippen LogP contribution is -2.39. The zero-order chi connectivity index (χ0) is 21.5. The van der Waals surface area contributed by atoms with E-state index in [4.69, 9.17) is 4.74 Å². The van der Waals surface area contributed by atoms with Gasteiger partial charge < -0.3 is 15.0 Å². The summed E-state index contributed by atoms with van der Waals surface area (Å²) in [5.74, 6) is 0.957. The minimum atomic E-state index is -4.49. The van der Waals surface area contributed by atoms with Crippen LogP contribution in [0.2, 0.25) is 0 Å². The number of rotatable bonds is 3. The summed E-state index contributed by atoms with van der Waals surface area (Å²) >= 11 is 0. The van der Waals surface area contributed by atoms with Crippen molar-refractivity contribution < 1.29 is 22.7 Å². The summed E-state index contributed by atoms with van der Waals surface area (Å²) in [6.07, 6.45) is -1.67. The molecule has 0 unspecified atom stereocenters. The van der Waals surface area contributed by atoms with E-state index in [1.54, 1.807) is 29.2 Å². The second-order valence-electron chi connectivity index (χ2n) is 8.09. The van der Waals surface area contributed by atoms with Crippen LogP contribution >= 0.6 is 0 Å². The Balaban J connectivity index is 1.68. The predicted octanol–water partition coefficient (Wildman–Crippen LogP) is 4.42. The van der Waals surface area contributed by atoms with Crippen LogP contribution in [-0.4, -0.2) is 47.0 Å². The Morgan fingerprint density at radius 3 is 2.67 bits per heavy atom. The Labute approximate surface area is 173 Å². The molecule has 2 aliphatic heterocycles. The number of piperidine rings is 1. The number of anilines is 1. The molecular formula is C21H25F3N4O2. The quantitative estimate of drug-likeness (QED) is 0.795. The number of likely N-dealkylation sites (tertiary alicyclic amines) is 1. The van der Waals surface area contributed by atoms with Crippen molar-refractivity contribution in [1.29, 1.82) is 0 Å². The molecule has 3 heterocycles. The van der Waals surface area contributed by atoms with Crippen molar-refractivity contribution >= 4 is 11.7 Å². The van der Waals surface area contributed by atoms with Crippen LogP contribution in [-0.2, 0) is 0 Å². The fourth-order valence-corrected chi connectivity index (χ4v) is 4.18. The molecule has 2 aromatic rings. The van der Waals surface area contributed by atoms with Gasteiger partial charge in [0.05, 0.1) is 19.3 Å². The maximum atomic E-state index is 13.9. The normalized spacial score (nSPS) is 22.4. The van der Waals surface area contributed by atoms with Gasteiger partial charge in [0, 0.05) is 19.5 Å². The summed E-state index contributed by atoms with van der Waals surface area (Å²) in [6.45, 7) is 3.34. The minimum Gasteiger partial charge on any atom is -0.497 e. The number of benzene rings is 1. The first kappa shape index (κ1) is 20.6. The molecule has 0 bridgehead atoms. The van der Waals surface area contributed by atoms with Crippen molar-refractivity contribution in [2.75, 3.05) is 25.5 Å². The Kier molecular flexibility index (Phi) is 5.38. The number of carbonyl (C=O) groups excluding carboxylic acids is 1. The third-order valence-corrected chi connectivity index (χ3v) is 6.04. The lowest BCUT2D eigenvalue weighted by atomic mass is 9.96. The number of ether oxygens (including phenoxy) is 1. The number of aromatic nitrogens is 2. The number of fused-ring (bicyclic) bond motifs is 1. The summed E-state index contributed by atoms with van der Waals surface area (Å²) in [6, 6.07) is 4.52. The molecule has 4 rings (SSSR count). The van der Waals surface area contributed by atoms with Gasteiger partial charge in [0.2, 0.25) is 0 Å². The fraction of sp³-hybridized carbons (Fsp3) is 0.524. The maximum absolute atomic E-state index is 13.9. The average molecular weight is 422 g/mol. The van der Waals surface area contributed by atoms with E-state index in [1.165, 1.54) is 13.3 Å². The topological polar surface area (TPSA) is 59.4 Å². The molecule has 1 N–H and O–H groups in total. The van der Waals surface area contributed by atoms with Gasteiger partial charge in [-0.25, -0.2) is 4.68 Å². The van der Waals surface area contributed by atoms with E-state index in [2.05, 4.69) is 17.3 Å². The van der Waals surface area contributed by atoms with Gasteiger partial charge in [-0.05, 0) is 36.5 Å². The Bertz CT molecular complexity index is 919. The van der Waals surface area contributed by atoms with Gasteiger partial charge in [-0.2, -0.15) is 18.3 Å². The van der Waals surface area contributed by atoms with Crippen molar-refractivity contribution in [1.82, 2.24) is 14.7 Å². The summed E-state index contributed by atoms with van der Waals surface area (Å²) in [5.41, 5.74) is 0.854. The Morgan fingerprint density at radius 2 is 2.00 bits per heavy atom. The molecule has 0 aliphatic carbocycles. The largest absolute Gasteiger partial charge is 0.497 e. The van der Waals surface area contributed by atoms with E-state index < -0.39 is 18.3 Å². The van der Waals surface area contributed by atoms with Crippen LogP contribution < -0.4 is 10.1 Å². The first-order chi connectivity index (χ1) is 14.3. The summed E-state index contributed by atoms with van der Waals surface area (Å²) < 4.78 is 47.7. The monoisotopic (exact) mass is 422 g/mol. The second-order valence-corrected chi connectivity index (χ2v) is 8.09. The van der Waals surface area contributed by atoms with Crippen LogP contribution in [0, 0.1) is 5.92 Å². The number of amides is 1. The van der Waals surface area contributed by atoms with Crippen molar-refractivity contribution in [2.45, 2.75) is 44.4 Å². The third-order valence-electron chi connectivity index (χ3n) is 6.04. The van der Waals surface area contributed by atoms with Crippen LogP contribution in [0.1, 0.15) is 54.2 Å². The molecule has 1 aromatic heterocycles. The molecule has 0 saturated carbocycles. The molecule has 30 heavy (non-hydrogen) atoms. The minimum absolute atomic E-state index is 0.125. The van der Waals surface area contributed by atoms with Crippen LogP contribution in [0.3, 0.4) is 0 Å². The van der Waals surface area contributed by atoms with Gasteiger partial charge in [-0.15, -0.1) is 0 Å². The fourth-order valence-electron chi connectivity index (χ4n) is 4.18. The molecule has 1 fully saturated rings. The van der Waals surface area contributed by atoms with Crippen molar-refractivity contribution in [3.63, 3.8) is 0 Å². The molecule has 2 atom stereocenters. The highest BCUT2D eigenvalue weighted by Crippen LogP contribution is 2.44. The van der Waals surface area contributed by atoms with E-state index in [1.807, 2.05) is 0 Å². The summed E-state index contributed by atoms with van der Waals surface area (Å²) in [4.78, 5) is 14.8. The van der Waals surface area contributed by atoms with Gasteiger partial charge in [0.25, 0.3) is 5.91 Å². The SMILES string of the molecule is COc1cccc([C@H]2C[C@H](C(F)(F)F)n3ncc(C(=O)N4CCC(C)CC4)c3N2)c1. The van der Waals surface area contributed by atoms with Crippen LogP contribution in [0.4, 0.5) is 19.0 Å². The van der Waals surface area contributed by atoms with Crippen LogP contribution in [0.15, 0.2) is 30.5 Å². The summed E-state index contributed by atoms with van der Waals surface area (Å²) in [7, 11) is 1.51. The third kappa shape index (κ3) is 3.85. The molecule has 1 saturated heterocycles. The molecule has 9 heteroatoms. The lowest BCUT2D eigenvalue weighted by Gasteiger charge is -2.35. The predicted molar refractivity (Wildman–Crippen MR) is 106 cm³/mol. The highest BCUT2D eigenvalue weighted by Gasteiger charge is 2.47. The number of nitrogens with one attached hydrogen (secondary N) is 1.